The van der Waals surface area contributed by atoms with Crippen LogP contribution >= 0.6 is 0 Å². The van der Waals surface area contributed by atoms with Crippen LogP contribution in [0.3, 0.4) is 0 Å². The maximum atomic E-state index is 12.3. The minimum absolute atomic E-state index is 0.404. The van der Waals surface area contributed by atoms with E-state index in [0.29, 0.717) is 7.11 Å². The molecule has 0 N–H and O–H groups in total. The Bertz CT molecular complexity index is 177. The van der Waals surface area contributed by atoms with Crippen LogP contribution in [0.4, 0.5) is 26.3 Å². The zero-order valence-corrected chi connectivity index (χ0v) is 7.75. The highest BCUT2D eigenvalue weighted by Gasteiger charge is 2.73. The highest BCUT2D eigenvalue weighted by atomic mass is 19.4. The molecule has 86 valence electrons. The minimum Gasteiger partial charge on any atom is -0.361 e. The van der Waals surface area contributed by atoms with Crippen LogP contribution in [0.2, 0.25) is 0 Å². The van der Waals surface area contributed by atoms with E-state index < -0.39 is 23.9 Å². The first-order chi connectivity index (χ1) is 6.00. The molecule has 0 amide bonds. The van der Waals surface area contributed by atoms with Crippen molar-refractivity contribution in [3.8, 4) is 0 Å². The van der Waals surface area contributed by atoms with Gasteiger partial charge in [-0.1, -0.05) is 13.8 Å². The lowest BCUT2D eigenvalue weighted by Gasteiger charge is -2.38. The number of hydrogen-bond acceptors (Lipinski definition) is 1. The molecule has 0 saturated heterocycles. The van der Waals surface area contributed by atoms with E-state index in [-0.39, 0.29) is 0 Å². The Hall–Kier alpha value is -0.460. The van der Waals surface area contributed by atoms with E-state index in [9.17, 15) is 26.3 Å². The summed E-state index contributed by atoms with van der Waals surface area (Å²) in [6, 6.07) is 0. The molecule has 0 aromatic rings. The van der Waals surface area contributed by atoms with Gasteiger partial charge in [-0.25, -0.2) is 0 Å². The summed E-state index contributed by atoms with van der Waals surface area (Å²) in [5.41, 5.74) is -4.08. The molecule has 0 aliphatic carbocycles. The molecule has 0 atom stereocenters. The lowest BCUT2D eigenvalue weighted by Crippen LogP contribution is -2.61. The predicted octanol–water partition coefficient (Wildman–Crippen LogP) is 3.15. The summed E-state index contributed by atoms with van der Waals surface area (Å²) in [5, 5.41) is 0. The van der Waals surface area contributed by atoms with Gasteiger partial charge in [0.25, 0.3) is 5.60 Å². The van der Waals surface area contributed by atoms with Gasteiger partial charge >= 0.3 is 12.4 Å². The van der Waals surface area contributed by atoms with Crippen LogP contribution in [0.15, 0.2) is 0 Å². The van der Waals surface area contributed by atoms with Crippen molar-refractivity contribution in [1.82, 2.24) is 0 Å². The fraction of sp³-hybridized carbons (Fsp3) is 1.00. The average Bonchev–Trinajstić information content (AvgIpc) is 1.80. The SMILES string of the molecule is COC(C(C)C)(C(F)(F)F)C(F)(F)F. The quantitative estimate of drug-likeness (QED) is 0.654. The minimum atomic E-state index is -5.48. The van der Waals surface area contributed by atoms with Gasteiger partial charge in [-0.15, -0.1) is 0 Å². The van der Waals surface area contributed by atoms with Gasteiger partial charge < -0.3 is 4.74 Å². The number of alkyl halides is 6. The molecule has 0 aliphatic heterocycles. The third-order valence-electron chi connectivity index (χ3n) is 1.98. The van der Waals surface area contributed by atoms with Crippen LogP contribution in [0.1, 0.15) is 13.8 Å². The standard InChI is InChI=1S/C7H10F6O/c1-4(2)5(14-3,6(8,9)10)7(11,12)13/h4H,1-3H3. The molecule has 0 fully saturated rings. The first-order valence-electron chi connectivity index (χ1n) is 3.69. The van der Waals surface area contributed by atoms with E-state index in [1.807, 2.05) is 0 Å². The van der Waals surface area contributed by atoms with Crippen LogP contribution in [-0.2, 0) is 4.74 Å². The van der Waals surface area contributed by atoms with Gasteiger partial charge in [0.2, 0.25) is 0 Å². The summed E-state index contributed by atoms with van der Waals surface area (Å²) >= 11 is 0. The molecule has 7 heteroatoms. The van der Waals surface area contributed by atoms with Gasteiger partial charge in [0.1, 0.15) is 0 Å². The molecular formula is C7H10F6O. The molecule has 0 aliphatic rings. The van der Waals surface area contributed by atoms with E-state index >= 15 is 0 Å². The monoisotopic (exact) mass is 224 g/mol. The van der Waals surface area contributed by atoms with Gasteiger partial charge in [-0.2, -0.15) is 26.3 Å². The lowest BCUT2D eigenvalue weighted by atomic mass is 9.88. The molecule has 0 radical (unpaired) electrons. The second-order valence-electron chi connectivity index (χ2n) is 3.09. The maximum absolute atomic E-state index is 12.3. The zero-order chi connectivity index (χ0) is 11.8. The number of rotatable bonds is 2. The lowest BCUT2D eigenvalue weighted by molar-refractivity contribution is -0.388. The largest absolute Gasteiger partial charge is 0.426 e. The van der Waals surface area contributed by atoms with E-state index in [1.54, 1.807) is 0 Å². The van der Waals surface area contributed by atoms with Gasteiger partial charge in [0, 0.05) is 13.0 Å². The summed E-state index contributed by atoms with van der Waals surface area (Å²) < 4.78 is 77.3. The Balaban J connectivity index is 5.45. The summed E-state index contributed by atoms with van der Waals surface area (Å²) in [5.74, 6) is -1.74. The van der Waals surface area contributed by atoms with Gasteiger partial charge in [0.15, 0.2) is 0 Å². The van der Waals surface area contributed by atoms with Crippen molar-refractivity contribution >= 4 is 0 Å². The number of ether oxygens (including phenoxy) is 1. The van der Waals surface area contributed by atoms with Crippen LogP contribution in [0, 0.1) is 5.92 Å². The van der Waals surface area contributed by atoms with Crippen molar-refractivity contribution in [3.05, 3.63) is 0 Å². The normalized spacial score (nSPS) is 15.0. The molecule has 1 nitrogen and oxygen atoms in total. The third-order valence-corrected chi connectivity index (χ3v) is 1.98. The molecule has 0 rings (SSSR count). The Morgan fingerprint density at radius 3 is 1.14 bits per heavy atom. The summed E-state index contributed by atoms with van der Waals surface area (Å²) in [7, 11) is 0.404. The third kappa shape index (κ3) is 1.82. The first-order valence-corrected chi connectivity index (χ1v) is 3.69. The smallest absolute Gasteiger partial charge is 0.361 e. The number of halogens is 6. The van der Waals surface area contributed by atoms with Crippen LogP contribution in [0.5, 0.6) is 0 Å². The topological polar surface area (TPSA) is 9.23 Å². The van der Waals surface area contributed by atoms with Crippen molar-refractivity contribution in [1.29, 1.82) is 0 Å². The van der Waals surface area contributed by atoms with E-state index in [4.69, 9.17) is 0 Å². The van der Waals surface area contributed by atoms with Crippen molar-refractivity contribution in [2.24, 2.45) is 5.92 Å². The molecule has 0 aromatic heterocycles. The Labute approximate surface area is 77.0 Å². The maximum Gasteiger partial charge on any atom is 0.426 e. The highest BCUT2D eigenvalue weighted by molar-refractivity contribution is 4.98. The van der Waals surface area contributed by atoms with Crippen molar-refractivity contribution in [2.75, 3.05) is 7.11 Å². The van der Waals surface area contributed by atoms with Crippen LogP contribution < -0.4 is 0 Å². The fourth-order valence-corrected chi connectivity index (χ4v) is 1.28. The summed E-state index contributed by atoms with van der Waals surface area (Å²) in [4.78, 5) is 0. The first kappa shape index (κ1) is 13.5. The Morgan fingerprint density at radius 2 is 1.14 bits per heavy atom. The molecule has 14 heavy (non-hydrogen) atoms. The summed E-state index contributed by atoms with van der Waals surface area (Å²) in [6.07, 6.45) is -11.0. The molecule has 0 aromatic carbocycles. The van der Waals surface area contributed by atoms with E-state index in [0.717, 1.165) is 13.8 Å². The molecule has 0 unspecified atom stereocenters. The van der Waals surface area contributed by atoms with E-state index in [2.05, 4.69) is 4.74 Å². The summed E-state index contributed by atoms with van der Waals surface area (Å²) in [6.45, 7) is 1.62. The number of hydrogen-bond donors (Lipinski definition) is 0. The zero-order valence-electron chi connectivity index (χ0n) is 7.75. The van der Waals surface area contributed by atoms with Crippen molar-refractivity contribution in [2.45, 2.75) is 31.8 Å². The van der Waals surface area contributed by atoms with Gasteiger partial charge in [-0.3, -0.25) is 0 Å². The fourth-order valence-electron chi connectivity index (χ4n) is 1.28. The molecule has 0 saturated carbocycles. The van der Waals surface area contributed by atoms with Crippen molar-refractivity contribution in [3.63, 3.8) is 0 Å². The van der Waals surface area contributed by atoms with Crippen LogP contribution in [-0.4, -0.2) is 25.1 Å². The number of methoxy groups -OCH3 is 1. The van der Waals surface area contributed by atoms with Crippen molar-refractivity contribution < 1.29 is 31.1 Å². The second kappa shape index (κ2) is 3.60. The highest BCUT2D eigenvalue weighted by Crippen LogP contribution is 2.49. The molecular weight excluding hydrogens is 214 g/mol. The second-order valence-corrected chi connectivity index (χ2v) is 3.09. The molecule has 0 spiro atoms. The van der Waals surface area contributed by atoms with E-state index in [1.165, 1.54) is 0 Å². The molecule has 0 heterocycles. The van der Waals surface area contributed by atoms with Gasteiger partial charge in [0.05, 0.1) is 0 Å². The predicted molar refractivity (Wildman–Crippen MR) is 36.7 cm³/mol. The molecule has 0 bridgehead atoms. The van der Waals surface area contributed by atoms with Gasteiger partial charge in [-0.05, 0) is 0 Å². The average molecular weight is 224 g/mol. The Kier molecular flexibility index (Phi) is 3.48. The van der Waals surface area contributed by atoms with Crippen LogP contribution in [0.25, 0.3) is 0 Å². The Morgan fingerprint density at radius 1 is 0.857 bits per heavy atom.